The predicted octanol–water partition coefficient (Wildman–Crippen LogP) is 4.56. The Bertz CT molecular complexity index is 2920. The van der Waals surface area contributed by atoms with Gasteiger partial charge in [0.2, 0.25) is 23.6 Å². The summed E-state index contributed by atoms with van der Waals surface area (Å²) >= 11 is 6.83. The highest BCUT2D eigenvalue weighted by Crippen LogP contribution is 2.49. The van der Waals surface area contributed by atoms with Crippen LogP contribution in [-0.4, -0.2) is 153 Å². The molecule has 28 heteroatoms. The minimum atomic E-state index is -1.92. The van der Waals surface area contributed by atoms with E-state index in [0.29, 0.717) is 22.9 Å². The molecule has 0 saturated carbocycles. The SMILES string of the molecule is COc1cc(NC(=O)O[C@H]2CC(=O)N(C)c3cc(cc(OC)c3Cl)C/C(C)=C/C=C/[C@@H](OC)[C@@]3(O)C[C@H](OC(=O)N3)[C@@H](C)[C@@H]3O[C@@]23C)ccc1NC(=O)[C@H](CCCNC(N)=O)NC(=O)[C@@H](NC(=O)CCCCC(=O)ON1C(=O)CCC1=O)C(C)C. The van der Waals surface area contributed by atoms with Crippen molar-refractivity contribution in [3.8, 4) is 11.5 Å². The van der Waals surface area contributed by atoms with Gasteiger partial charge in [-0.15, -0.1) is 5.06 Å². The van der Waals surface area contributed by atoms with Gasteiger partial charge in [-0.05, 0) is 81.7 Å². The molecule has 0 radical (unpaired) electrons. The Morgan fingerprint density at radius 1 is 0.918 bits per heavy atom. The van der Waals surface area contributed by atoms with Crippen molar-refractivity contribution in [1.82, 2.24) is 26.3 Å². The number of nitrogens with one attached hydrogen (secondary N) is 6. The van der Waals surface area contributed by atoms with E-state index < -0.39 is 126 Å². The molecule has 4 heterocycles. The van der Waals surface area contributed by atoms with E-state index in [1.165, 1.54) is 51.5 Å². The maximum Gasteiger partial charge on any atom is 0.412 e. The van der Waals surface area contributed by atoms with Gasteiger partial charge in [0.1, 0.15) is 52.5 Å². The number of carbonyl (C=O) groups is 10. The number of hydrogen-bond donors (Lipinski definition) is 8. The number of anilines is 3. The van der Waals surface area contributed by atoms with Crippen LogP contribution in [0.15, 0.2) is 54.1 Å². The average Bonchev–Trinajstić information content (AvgIpc) is 1.68. The Labute approximate surface area is 496 Å². The number of hydrogen-bond acceptors (Lipinski definition) is 18. The second kappa shape index (κ2) is 29.2. The maximum atomic E-state index is 14.4. The standard InChI is InChI=1S/C57H76ClN9O18/c1-30(2)49(64-43(68)17-10-11-18-47(72)85-67-44(69)21-22-45(67)70)52(74)63-36(15-13-23-60-53(59)75)51(73)62-35-20-19-34(27-38(35)79-7)61-54(76)83-42-28-46(71)66(6)37-25-33(26-39(80-8)48(37)58)24-31(3)14-12-16-41(81-9)57(78)29-40(82-55(77)65-57)32(4)50-56(42,5)84-50/h12,14,16,19-20,25-27,30,32,36,40-42,49-50,78H,10-11,13,15,17-18,21-24,28-29H2,1-9H3,(H,61,76)(H,62,73)(H,63,74)(H,64,68)(H,65,77)(H3,59,60,75)/b16-12+,31-14+/t32-,36+,40+,41-,42+,49+,50+,56+,57+/m1/s1. The van der Waals surface area contributed by atoms with Gasteiger partial charge in [0.25, 0.3) is 11.8 Å². The minimum Gasteiger partial charge on any atom is -0.495 e. The summed E-state index contributed by atoms with van der Waals surface area (Å²) in [6, 6.07) is 4.53. The monoisotopic (exact) mass is 1210 g/mol. The van der Waals surface area contributed by atoms with Gasteiger partial charge in [-0.25, -0.2) is 19.2 Å². The van der Waals surface area contributed by atoms with E-state index in [0.717, 1.165) is 11.1 Å². The van der Waals surface area contributed by atoms with Crippen LogP contribution >= 0.6 is 11.6 Å². The lowest BCUT2D eigenvalue weighted by atomic mass is 9.83. The molecule has 0 aromatic heterocycles. The van der Waals surface area contributed by atoms with Crippen LogP contribution in [-0.2, 0) is 63.8 Å². The number of imide groups is 1. The third-order valence-electron chi connectivity index (χ3n) is 15.0. The molecule has 0 aliphatic carbocycles. The molecule has 27 nitrogen and oxygen atoms in total. The fourth-order valence-electron chi connectivity index (χ4n) is 10.2. The Morgan fingerprint density at radius 2 is 1.61 bits per heavy atom. The number of aliphatic hydroxyl groups is 1. The van der Waals surface area contributed by atoms with E-state index in [1.807, 2.05) is 13.0 Å². The number of epoxide rings is 1. The number of benzene rings is 2. The number of amides is 10. The van der Waals surface area contributed by atoms with Crippen LogP contribution < -0.4 is 52.0 Å². The summed E-state index contributed by atoms with van der Waals surface area (Å²) in [4.78, 5) is 136. The van der Waals surface area contributed by atoms with Crippen molar-refractivity contribution in [1.29, 1.82) is 0 Å². The van der Waals surface area contributed by atoms with Gasteiger partial charge in [0, 0.05) is 70.5 Å². The summed E-state index contributed by atoms with van der Waals surface area (Å²) in [6.07, 6.45) is -0.903. The Hall–Kier alpha value is -8.01. The van der Waals surface area contributed by atoms with Crippen molar-refractivity contribution in [2.45, 2.75) is 153 Å². The summed E-state index contributed by atoms with van der Waals surface area (Å²) in [5, 5.41) is 28.2. The van der Waals surface area contributed by atoms with Crippen LogP contribution in [0.5, 0.6) is 11.5 Å². The number of ether oxygens (including phenoxy) is 6. The lowest BCUT2D eigenvalue weighted by molar-refractivity contribution is -0.197. The fraction of sp³-hybridized carbons (Fsp3) is 0.544. The number of alkyl carbamates (subject to hydrolysis) is 1. The number of hydroxylamine groups is 2. The number of allylic oxidation sites excluding steroid dienone is 3. The molecular weight excluding hydrogens is 1130 g/mol. The summed E-state index contributed by atoms with van der Waals surface area (Å²) in [5.74, 6) is -5.30. The van der Waals surface area contributed by atoms with E-state index >= 15 is 0 Å². The zero-order valence-corrected chi connectivity index (χ0v) is 49.7. The smallest absolute Gasteiger partial charge is 0.412 e. The van der Waals surface area contributed by atoms with E-state index in [1.54, 1.807) is 52.0 Å². The molecule has 3 saturated heterocycles. The van der Waals surface area contributed by atoms with Crippen LogP contribution in [0.4, 0.5) is 31.4 Å². The number of nitrogens with zero attached hydrogens (tertiary/aromatic N) is 2. The van der Waals surface area contributed by atoms with Crippen molar-refractivity contribution >= 4 is 88.3 Å². The highest BCUT2D eigenvalue weighted by atomic mass is 35.5. The molecule has 3 fully saturated rings. The summed E-state index contributed by atoms with van der Waals surface area (Å²) in [5.41, 5.74) is 4.09. The first-order valence-electron chi connectivity index (χ1n) is 27.7. The summed E-state index contributed by atoms with van der Waals surface area (Å²) in [7, 11) is 5.67. The molecule has 2 aromatic rings. The number of methoxy groups -OCH3 is 3. The molecule has 6 rings (SSSR count). The van der Waals surface area contributed by atoms with E-state index in [-0.39, 0.29) is 86.5 Å². The second-order valence-electron chi connectivity index (χ2n) is 21.8. The van der Waals surface area contributed by atoms with Gasteiger partial charge in [0.05, 0.1) is 38.1 Å². The third kappa shape index (κ3) is 17.3. The molecule has 4 aliphatic rings. The van der Waals surface area contributed by atoms with Crippen LogP contribution in [0.3, 0.4) is 0 Å². The number of unbranched alkanes of at least 4 members (excludes halogenated alkanes) is 1. The first kappa shape index (κ1) is 66.1. The minimum absolute atomic E-state index is 0.0150. The molecule has 0 spiro atoms. The van der Waals surface area contributed by atoms with Crippen LogP contribution in [0, 0.1) is 11.8 Å². The van der Waals surface area contributed by atoms with Gasteiger partial charge in [-0.1, -0.05) is 56.2 Å². The molecule has 9 N–H and O–H groups in total. The summed E-state index contributed by atoms with van der Waals surface area (Å²) in [6.45, 7) is 8.69. The number of primary amides is 1. The average molecular weight is 1210 g/mol. The number of carbonyl (C=O) groups excluding carboxylic acids is 10. The number of nitrogens with two attached hydrogens (primary N) is 1. The number of halogens is 1. The molecule has 4 aliphatic heterocycles. The van der Waals surface area contributed by atoms with Gasteiger partial charge in [-0.3, -0.25) is 39.4 Å². The number of urea groups is 1. The Balaban J connectivity index is 1.17. The van der Waals surface area contributed by atoms with E-state index in [2.05, 4.69) is 31.9 Å². The molecule has 9 atom stereocenters. The lowest BCUT2D eigenvalue weighted by Gasteiger charge is -2.42. The highest BCUT2D eigenvalue weighted by molar-refractivity contribution is 6.35. The van der Waals surface area contributed by atoms with Gasteiger partial charge >= 0.3 is 24.2 Å². The third-order valence-corrected chi connectivity index (χ3v) is 15.4. The predicted molar refractivity (Wildman–Crippen MR) is 306 cm³/mol. The van der Waals surface area contributed by atoms with Crippen molar-refractivity contribution in [3.05, 3.63) is 64.7 Å². The molecule has 464 valence electrons. The van der Waals surface area contributed by atoms with Crippen molar-refractivity contribution in [2.24, 2.45) is 17.6 Å². The quantitative estimate of drug-likeness (QED) is 0.0482. The van der Waals surface area contributed by atoms with E-state index in [9.17, 15) is 53.1 Å². The molecule has 85 heavy (non-hydrogen) atoms. The Kier molecular flexibility index (Phi) is 22.7. The zero-order valence-electron chi connectivity index (χ0n) is 49.0. The Morgan fingerprint density at radius 3 is 2.27 bits per heavy atom. The molecule has 4 bridgehead atoms. The number of rotatable bonds is 21. The largest absolute Gasteiger partial charge is 0.495 e. The van der Waals surface area contributed by atoms with Crippen molar-refractivity contribution in [3.63, 3.8) is 0 Å². The zero-order chi connectivity index (χ0) is 62.5. The fourth-order valence-corrected chi connectivity index (χ4v) is 10.5. The van der Waals surface area contributed by atoms with Crippen molar-refractivity contribution < 1.29 is 86.3 Å². The molecule has 10 amide bonds. The normalized spacial score (nSPS) is 24.9. The summed E-state index contributed by atoms with van der Waals surface area (Å²) < 4.78 is 35.0. The molecule has 0 unspecified atom stereocenters. The maximum absolute atomic E-state index is 14.4. The van der Waals surface area contributed by atoms with Gasteiger partial charge < -0.3 is 70.3 Å². The first-order valence-corrected chi connectivity index (χ1v) is 28.1. The van der Waals surface area contributed by atoms with Crippen molar-refractivity contribution in [2.75, 3.05) is 50.5 Å². The molecular formula is C57H76ClN9O18. The molecule has 2 aromatic carbocycles. The second-order valence-corrected chi connectivity index (χ2v) is 22.1. The van der Waals surface area contributed by atoms with Gasteiger partial charge in [-0.2, -0.15) is 0 Å². The van der Waals surface area contributed by atoms with Crippen LogP contribution in [0.1, 0.15) is 104 Å². The van der Waals surface area contributed by atoms with Gasteiger partial charge in [0.15, 0.2) is 5.72 Å². The van der Waals surface area contributed by atoms with Crippen LogP contribution in [0.2, 0.25) is 5.02 Å². The first-order chi connectivity index (χ1) is 40.2. The van der Waals surface area contributed by atoms with Crippen LogP contribution in [0.25, 0.3) is 0 Å². The lowest BCUT2D eigenvalue weighted by Crippen LogP contribution is -2.63. The topological polar surface area (TPSA) is 364 Å². The van der Waals surface area contributed by atoms with E-state index in [4.69, 9.17) is 50.6 Å². The highest BCUT2D eigenvalue weighted by Gasteiger charge is 2.64. The number of fused-ring (bicyclic) bond motifs is 5.